The molecule has 1 saturated carbocycles. The quantitative estimate of drug-likeness (QED) is 0.395. The number of halogens is 4. The molecule has 254 valence electrons. The van der Waals surface area contributed by atoms with E-state index in [1.807, 2.05) is 24.3 Å². The fourth-order valence-electron chi connectivity index (χ4n) is 6.73. The number of benzene rings is 2. The van der Waals surface area contributed by atoms with Gasteiger partial charge in [0.2, 0.25) is 0 Å². The van der Waals surface area contributed by atoms with Gasteiger partial charge in [0.05, 0.1) is 16.3 Å². The third kappa shape index (κ3) is 7.89. The molecule has 1 atom stereocenters. The number of nitrogens with zero attached hydrogens (tertiary/aromatic N) is 4. The fourth-order valence-corrected chi connectivity index (χ4v) is 6.98. The topological polar surface area (TPSA) is 111 Å². The molecule has 4 aliphatic rings. The molecule has 4 amide bonds. The fraction of sp³-hybridized carbons (Fsp3) is 0.545. The maximum atomic E-state index is 13.8. The number of anilines is 2. The molecule has 0 spiro atoms. The minimum Gasteiger partial charge on any atom is -0.436 e. The number of fused-ring (bicyclic) bond motifs is 1. The van der Waals surface area contributed by atoms with Gasteiger partial charge in [-0.1, -0.05) is 29.8 Å². The van der Waals surface area contributed by atoms with Crippen LogP contribution in [0.4, 0.5) is 34.1 Å². The van der Waals surface area contributed by atoms with Crippen LogP contribution in [0.15, 0.2) is 36.4 Å². The molecule has 3 N–H and O–H groups in total. The number of amides is 4. The lowest BCUT2D eigenvalue weighted by Crippen LogP contribution is -2.54. The summed E-state index contributed by atoms with van der Waals surface area (Å²) >= 11 is 6.08. The first-order valence-electron chi connectivity index (χ1n) is 16.2. The van der Waals surface area contributed by atoms with Gasteiger partial charge in [0, 0.05) is 70.5 Å². The number of alkyl halides is 3. The number of carbonyl (C=O) groups excluding carboxylic acids is 3. The highest BCUT2D eigenvalue weighted by Crippen LogP contribution is 2.38. The number of para-hydroxylation sites is 1. The lowest BCUT2D eigenvalue weighted by molar-refractivity contribution is -0.142. The predicted molar refractivity (Wildman–Crippen MR) is 171 cm³/mol. The molecule has 0 aromatic heterocycles. The van der Waals surface area contributed by atoms with Crippen LogP contribution in [-0.2, 0) is 28.5 Å². The van der Waals surface area contributed by atoms with Gasteiger partial charge in [-0.15, -0.1) is 0 Å². The highest BCUT2D eigenvalue weighted by Gasteiger charge is 2.38. The maximum absolute atomic E-state index is 13.8. The second-order valence-electron chi connectivity index (χ2n) is 12.9. The Bertz CT molecular complexity index is 1490. The van der Waals surface area contributed by atoms with E-state index in [0.29, 0.717) is 71.0 Å². The van der Waals surface area contributed by atoms with E-state index >= 15 is 0 Å². The van der Waals surface area contributed by atoms with Crippen LogP contribution in [0.3, 0.4) is 0 Å². The van der Waals surface area contributed by atoms with Gasteiger partial charge in [0.1, 0.15) is 0 Å². The molecule has 2 aromatic rings. The van der Waals surface area contributed by atoms with Gasteiger partial charge in [-0.3, -0.25) is 9.69 Å². The van der Waals surface area contributed by atoms with Crippen molar-refractivity contribution in [2.24, 2.45) is 5.92 Å². The zero-order valence-electron chi connectivity index (χ0n) is 26.1. The summed E-state index contributed by atoms with van der Waals surface area (Å²) in [6, 6.07) is 9.56. The molecule has 3 fully saturated rings. The first-order valence-corrected chi connectivity index (χ1v) is 16.6. The van der Waals surface area contributed by atoms with Crippen molar-refractivity contribution in [3.63, 3.8) is 0 Å². The summed E-state index contributed by atoms with van der Waals surface area (Å²) < 4.78 is 47.0. The molecule has 47 heavy (non-hydrogen) atoms. The van der Waals surface area contributed by atoms with Crippen molar-refractivity contribution in [3.8, 4) is 0 Å². The Kier molecular flexibility index (Phi) is 9.75. The van der Waals surface area contributed by atoms with Crippen molar-refractivity contribution in [2.45, 2.75) is 56.8 Å². The number of carbonyl (C=O) groups is 3. The minimum atomic E-state index is -4.75. The molecule has 2 saturated heterocycles. The van der Waals surface area contributed by atoms with Gasteiger partial charge in [-0.2, -0.15) is 13.2 Å². The molecule has 10 nitrogen and oxygen atoms in total. The third-order valence-corrected chi connectivity index (χ3v) is 9.95. The van der Waals surface area contributed by atoms with Crippen molar-refractivity contribution >= 4 is 41.0 Å². The Morgan fingerprint density at radius 1 is 0.979 bits per heavy atom. The largest absolute Gasteiger partial charge is 0.436 e. The number of hydrogen-bond donors (Lipinski definition) is 2. The molecular formula is C33H40ClF3N6O4. The van der Waals surface area contributed by atoms with Crippen molar-refractivity contribution in [1.29, 1.82) is 0 Å². The van der Waals surface area contributed by atoms with Crippen molar-refractivity contribution in [3.05, 3.63) is 58.1 Å². The van der Waals surface area contributed by atoms with Gasteiger partial charge in [0.15, 0.2) is 6.10 Å². The number of nitrogen functional groups attached to an aromatic ring is 1. The van der Waals surface area contributed by atoms with E-state index in [2.05, 4.69) is 10.2 Å². The van der Waals surface area contributed by atoms with Crippen LogP contribution in [0.1, 0.15) is 42.4 Å². The Morgan fingerprint density at radius 3 is 2.36 bits per heavy atom. The van der Waals surface area contributed by atoms with Crippen LogP contribution in [0.25, 0.3) is 0 Å². The molecule has 1 unspecified atom stereocenters. The Morgan fingerprint density at radius 2 is 1.68 bits per heavy atom. The zero-order valence-corrected chi connectivity index (χ0v) is 26.9. The second kappa shape index (κ2) is 13.8. The van der Waals surface area contributed by atoms with E-state index in [-0.39, 0.29) is 29.1 Å². The van der Waals surface area contributed by atoms with Gasteiger partial charge in [-0.05, 0) is 67.3 Å². The number of nitrogens with two attached hydrogens (primary N) is 1. The maximum Gasteiger partial charge on any atom is 0.418 e. The summed E-state index contributed by atoms with van der Waals surface area (Å²) in [5.74, 6) is 0.250. The van der Waals surface area contributed by atoms with E-state index in [1.165, 1.54) is 23.8 Å². The highest BCUT2D eigenvalue weighted by atomic mass is 35.5. The number of urea groups is 1. The summed E-state index contributed by atoms with van der Waals surface area (Å²) in [5, 5.41) is 2.69. The average Bonchev–Trinajstić information content (AvgIpc) is 3.88. The first-order chi connectivity index (χ1) is 22.5. The van der Waals surface area contributed by atoms with Crippen LogP contribution < -0.4 is 11.1 Å². The number of piperidine rings is 1. The monoisotopic (exact) mass is 676 g/mol. The van der Waals surface area contributed by atoms with Crippen LogP contribution in [0.2, 0.25) is 5.02 Å². The zero-order chi connectivity index (χ0) is 33.3. The first kappa shape index (κ1) is 33.2. The average molecular weight is 677 g/mol. The van der Waals surface area contributed by atoms with E-state index in [1.54, 1.807) is 9.80 Å². The number of ether oxygens (including phenoxy) is 1. The SMILES string of the molecule is Nc1c(Cl)cc(CC(OC(=O)N2CCC(N3CCc4ccccc4NC3=O)CC2)C(=O)N2CCN(CC3CC3)CC2)cc1C(F)(F)F. The van der Waals surface area contributed by atoms with Crippen LogP contribution in [-0.4, -0.2) is 102 Å². The Balaban J connectivity index is 1.12. The van der Waals surface area contributed by atoms with E-state index in [9.17, 15) is 27.6 Å². The Labute approximate surface area is 276 Å². The molecule has 0 bridgehead atoms. The van der Waals surface area contributed by atoms with Crippen LogP contribution >= 0.6 is 11.6 Å². The van der Waals surface area contributed by atoms with Crippen molar-refractivity contribution < 1.29 is 32.3 Å². The van der Waals surface area contributed by atoms with Crippen molar-refractivity contribution in [2.75, 3.05) is 63.4 Å². The standard InChI is InChI=1S/C33H40ClF3N6O4/c34-26-18-22(17-25(29(26)38)33(35,36)37)19-28(30(44)41-15-13-40(14-16-41)20-21-5-6-21)47-32(46)42-10-8-24(9-11-42)43-12-7-23-3-1-2-4-27(23)39-31(43)45/h1-4,17-18,21,24,28H,5-16,19-20,38H2,(H,39,45). The van der Waals surface area contributed by atoms with Crippen LogP contribution in [0, 0.1) is 5.92 Å². The number of nitrogens with one attached hydrogen (secondary N) is 1. The minimum absolute atomic E-state index is 0.0851. The van der Waals surface area contributed by atoms with Gasteiger partial charge in [-0.25, -0.2) is 9.59 Å². The third-order valence-electron chi connectivity index (χ3n) is 9.64. The summed E-state index contributed by atoms with van der Waals surface area (Å²) in [7, 11) is 0. The highest BCUT2D eigenvalue weighted by molar-refractivity contribution is 6.33. The summed E-state index contributed by atoms with van der Waals surface area (Å²) in [6.45, 7) is 4.36. The lowest BCUT2D eigenvalue weighted by atomic mass is 10.0. The van der Waals surface area contributed by atoms with Gasteiger partial charge >= 0.3 is 18.3 Å². The second-order valence-corrected chi connectivity index (χ2v) is 13.3. The van der Waals surface area contributed by atoms with E-state index in [4.69, 9.17) is 22.1 Å². The van der Waals surface area contributed by atoms with E-state index in [0.717, 1.165) is 23.9 Å². The predicted octanol–water partition coefficient (Wildman–Crippen LogP) is 5.10. The smallest absolute Gasteiger partial charge is 0.418 e. The van der Waals surface area contributed by atoms with Crippen molar-refractivity contribution in [1.82, 2.24) is 19.6 Å². The molecular weight excluding hydrogens is 637 g/mol. The van der Waals surface area contributed by atoms with E-state index < -0.39 is 35.5 Å². The number of piperazine rings is 1. The Hall–Kier alpha value is -3.71. The summed E-state index contributed by atoms with van der Waals surface area (Å²) in [6.07, 6.45) is -2.94. The van der Waals surface area contributed by atoms with Gasteiger partial charge in [0.25, 0.3) is 5.91 Å². The molecule has 3 aliphatic heterocycles. The van der Waals surface area contributed by atoms with Crippen LogP contribution in [0.5, 0.6) is 0 Å². The molecule has 14 heteroatoms. The number of likely N-dealkylation sites (tertiary alicyclic amines) is 1. The normalized spacial score (nSPS) is 20.3. The summed E-state index contributed by atoms with van der Waals surface area (Å²) in [4.78, 5) is 47.5. The molecule has 2 aromatic carbocycles. The number of rotatable bonds is 7. The summed E-state index contributed by atoms with van der Waals surface area (Å²) in [5.41, 5.74) is 5.87. The molecule has 6 rings (SSSR count). The van der Waals surface area contributed by atoms with Gasteiger partial charge < -0.3 is 30.5 Å². The molecule has 1 aliphatic carbocycles. The number of hydrogen-bond acceptors (Lipinski definition) is 6. The molecule has 0 radical (unpaired) electrons. The molecule has 3 heterocycles. The lowest BCUT2D eigenvalue weighted by Gasteiger charge is -2.38.